The zero-order chi connectivity index (χ0) is 13.4. The first-order valence-electron chi connectivity index (χ1n) is 6.23. The Morgan fingerprint density at radius 3 is 2.63 bits per heavy atom. The molecule has 0 fully saturated rings. The SMILES string of the molecule is Cc1ccc2nc(-c3cccnc3)cc(C)c2c1N. The van der Waals surface area contributed by atoms with Crippen LogP contribution in [0.4, 0.5) is 5.69 Å². The molecule has 2 heterocycles. The monoisotopic (exact) mass is 249 g/mol. The van der Waals surface area contributed by atoms with E-state index in [0.29, 0.717) is 0 Å². The number of anilines is 1. The van der Waals surface area contributed by atoms with Crippen molar-refractivity contribution in [2.24, 2.45) is 0 Å². The molecule has 3 heteroatoms. The molecule has 0 aliphatic carbocycles. The van der Waals surface area contributed by atoms with Crippen LogP contribution in [0.25, 0.3) is 22.2 Å². The molecule has 3 rings (SSSR count). The lowest BCUT2D eigenvalue weighted by atomic mass is 10.0. The number of aromatic nitrogens is 2. The highest BCUT2D eigenvalue weighted by Crippen LogP contribution is 2.29. The highest BCUT2D eigenvalue weighted by atomic mass is 14.7. The van der Waals surface area contributed by atoms with E-state index >= 15 is 0 Å². The van der Waals surface area contributed by atoms with Gasteiger partial charge in [0.25, 0.3) is 0 Å². The van der Waals surface area contributed by atoms with Crippen LogP contribution in [0, 0.1) is 13.8 Å². The first-order chi connectivity index (χ1) is 9.16. The Hall–Kier alpha value is -2.42. The van der Waals surface area contributed by atoms with Crippen LogP contribution in [0.5, 0.6) is 0 Å². The van der Waals surface area contributed by atoms with E-state index in [9.17, 15) is 0 Å². The number of nitrogens with two attached hydrogens (primary N) is 1. The fourth-order valence-electron chi connectivity index (χ4n) is 2.32. The summed E-state index contributed by atoms with van der Waals surface area (Å²) in [5.74, 6) is 0. The average molecular weight is 249 g/mol. The van der Waals surface area contributed by atoms with Crippen molar-refractivity contribution in [3.63, 3.8) is 0 Å². The van der Waals surface area contributed by atoms with Gasteiger partial charge in [0, 0.05) is 29.0 Å². The van der Waals surface area contributed by atoms with Crippen LogP contribution >= 0.6 is 0 Å². The summed E-state index contributed by atoms with van der Waals surface area (Å²) in [6.07, 6.45) is 3.59. The maximum atomic E-state index is 6.16. The smallest absolute Gasteiger partial charge is 0.0733 e. The summed E-state index contributed by atoms with van der Waals surface area (Å²) < 4.78 is 0. The molecule has 0 saturated heterocycles. The number of aryl methyl sites for hydroxylation is 2. The molecule has 0 aliphatic rings. The van der Waals surface area contributed by atoms with E-state index < -0.39 is 0 Å². The molecule has 0 amide bonds. The van der Waals surface area contributed by atoms with Crippen LogP contribution in [0.3, 0.4) is 0 Å². The van der Waals surface area contributed by atoms with Gasteiger partial charge in [-0.1, -0.05) is 6.07 Å². The molecule has 0 aliphatic heterocycles. The minimum absolute atomic E-state index is 0.820. The molecule has 2 aromatic heterocycles. The van der Waals surface area contributed by atoms with Crippen molar-refractivity contribution in [1.82, 2.24) is 9.97 Å². The van der Waals surface area contributed by atoms with Crippen LogP contribution in [0.2, 0.25) is 0 Å². The van der Waals surface area contributed by atoms with Crippen molar-refractivity contribution in [2.75, 3.05) is 5.73 Å². The van der Waals surface area contributed by atoms with E-state index in [4.69, 9.17) is 5.73 Å². The van der Waals surface area contributed by atoms with Crippen LogP contribution in [0.1, 0.15) is 11.1 Å². The molecule has 0 spiro atoms. The lowest BCUT2D eigenvalue weighted by Gasteiger charge is -2.10. The maximum Gasteiger partial charge on any atom is 0.0733 e. The quantitative estimate of drug-likeness (QED) is 0.671. The molecule has 3 nitrogen and oxygen atoms in total. The fraction of sp³-hybridized carbons (Fsp3) is 0.125. The van der Waals surface area contributed by atoms with E-state index in [-0.39, 0.29) is 0 Å². The summed E-state index contributed by atoms with van der Waals surface area (Å²) in [6, 6.07) is 10.0. The summed E-state index contributed by atoms with van der Waals surface area (Å²) in [6.45, 7) is 4.09. The number of benzene rings is 1. The van der Waals surface area contributed by atoms with Gasteiger partial charge < -0.3 is 5.73 Å². The Bertz CT molecular complexity index is 749. The number of pyridine rings is 2. The second-order valence-corrected chi connectivity index (χ2v) is 4.76. The third-order valence-electron chi connectivity index (χ3n) is 3.39. The van der Waals surface area contributed by atoms with E-state index in [1.165, 1.54) is 0 Å². The van der Waals surface area contributed by atoms with Crippen LogP contribution < -0.4 is 5.73 Å². The Morgan fingerprint density at radius 2 is 1.89 bits per heavy atom. The standard InChI is InChI=1S/C16H15N3/c1-10-5-6-13-15(16(10)17)11(2)8-14(19-13)12-4-3-7-18-9-12/h3-9H,17H2,1-2H3. The van der Waals surface area contributed by atoms with Gasteiger partial charge in [-0.2, -0.15) is 0 Å². The summed E-state index contributed by atoms with van der Waals surface area (Å²) in [5.41, 5.74) is 12.1. The normalized spacial score (nSPS) is 10.8. The van der Waals surface area contributed by atoms with Gasteiger partial charge in [-0.15, -0.1) is 0 Å². The summed E-state index contributed by atoms with van der Waals surface area (Å²) >= 11 is 0. The number of nitrogen functional groups attached to an aromatic ring is 1. The third-order valence-corrected chi connectivity index (χ3v) is 3.39. The Kier molecular flexibility index (Phi) is 2.67. The Balaban J connectivity index is 2.30. The maximum absolute atomic E-state index is 6.16. The van der Waals surface area contributed by atoms with Crippen molar-refractivity contribution < 1.29 is 0 Å². The number of hydrogen-bond acceptors (Lipinski definition) is 3. The zero-order valence-electron chi connectivity index (χ0n) is 11.0. The van der Waals surface area contributed by atoms with Gasteiger partial charge in [0.15, 0.2) is 0 Å². The number of hydrogen-bond donors (Lipinski definition) is 1. The highest BCUT2D eigenvalue weighted by molar-refractivity contribution is 5.95. The number of rotatable bonds is 1. The van der Waals surface area contributed by atoms with Crippen molar-refractivity contribution in [2.45, 2.75) is 13.8 Å². The Morgan fingerprint density at radius 1 is 1.05 bits per heavy atom. The van der Waals surface area contributed by atoms with Crippen LogP contribution in [-0.2, 0) is 0 Å². The van der Waals surface area contributed by atoms with Crippen molar-refractivity contribution in [3.8, 4) is 11.3 Å². The van der Waals surface area contributed by atoms with Crippen molar-refractivity contribution >= 4 is 16.6 Å². The highest BCUT2D eigenvalue weighted by Gasteiger charge is 2.08. The lowest BCUT2D eigenvalue weighted by Crippen LogP contribution is -1.96. The molecule has 19 heavy (non-hydrogen) atoms. The van der Waals surface area contributed by atoms with Crippen LogP contribution in [-0.4, -0.2) is 9.97 Å². The fourth-order valence-corrected chi connectivity index (χ4v) is 2.32. The average Bonchev–Trinajstić information content (AvgIpc) is 2.43. The van der Waals surface area contributed by atoms with Gasteiger partial charge in [0.05, 0.1) is 11.2 Å². The van der Waals surface area contributed by atoms with Gasteiger partial charge in [0.1, 0.15) is 0 Å². The molecule has 2 N–H and O–H groups in total. The molecule has 0 bridgehead atoms. The topological polar surface area (TPSA) is 51.8 Å². The van der Waals surface area contributed by atoms with Crippen molar-refractivity contribution in [3.05, 3.63) is 53.9 Å². The minimum Gasteiger partial charge on any atom is -0.398 e. The minimum atomic E-state index is 0.820. The molecular formula is C16H15N3. The second-order valence-electron chi connectivity index (χ2n) is 4.76. The zero-order valence-corrected chi connectivity index (χ0v) is 11.0. The molecule has 0 atom stereocenters. The lowest BCUT2D eigenvalue weighted by molar-refractivity contribution is 1.29. The third kappa shape index (κ3) is 1.93. The first-order valence-corrected chi connectivity index (χ1v) is 6.23. The summed E-state index contributed by atoms with van der Waals surface area (Å²) in [4.78, 5) is 8.83. The molecule has 1 aromatic carbocycles. The van der Waals surface area contributed by atoms with Crippen LogP contribution in [0.15, 0.2) is 42.7 Å². The number of fused-ring (bicyclic) bond motifs is 1. The predicted molar refractivity (Wildman–Crippen MR) is 78.9 cm³/mol. The summed E-state index contributed by atoms with van der Waals surface area (Å²) in [5, 5.41) is 1.05. The van der Waals surface area contributed by atoms with E-state index in [1.807, 2.05) is 37.4 Å². The van der Waals surface area contributed by atoms with E-state index in [0.717, 1.165) is 39.0 Å². The van der Waals surface area contributed by atoms with Crippen molar-refractivity contribution in [1.29, 1.82) is 0 Å². The van der Waals surface area contributed by atoms with Gasteiger partial charge >= 0.3 is 0 Å². The van der Waals surface area contributed by atoms with Gasteiger partial charge in [0.2, 0.25) is 0 Å². The van der Waals surface area contributed by atoms with Gasteiger partial charge in [-0.05, 0) is 49.2 Å². The van der Waals surface area contributed by atoms with Gasteiger partial charge in [-0.3, -0.25) is 4.98 Å². The van der Waals surface area contributed by atoms with E-state index in [1.54, 1.807) is 6.20 Å². The first kappa shape index (κ1) is 11.7. The molecule has 94 valence electrons. The summed E-state index contributed by atoms with van der Waals surface area (Å²) in [7, 11) is 0. The van der Waals surface area contributed by atoms with Gasteiger partial charge in [-0.25, -0.2) is 4.98 Å². The molecule has 0 saturated carbocycles. The predicted octanol–water partition coefficient (Wildman–Crippen LogP) is 3.50. The molecular weight excluding hydrogens is 234 g/mol. The largest absolute Gasteiger partial charge is 0.398 e. The van der Waals surface area contributed by atoms with E-state index in [2.05, 4.69) is 23.0 Å². The molecule has 0 unspecified atom stereocenters. The number of nitrogens with zero attached hydrogens (tertiary/aromatic N) is 2. The molecule has 0 radical (unpaired) electrons. The molecule has 3 aromatic rings. The second kappa shape index (κ2) is 4.35. The Labute approximate surface area is 112 Å².